The second-order valence-electron chi connectivity index (χ2n) is 7.14. The van der Waals surface area contributed by atoms with E-state index in [2.05, 4.69) is 5.32 Å². The number of hydrogen-bond acceptors (Lipinski definition) is 5. The molecule has 1 saturated heterocycles. The molecule has 154 valence electrons. The number of benzene rings is 1. The van der Waals surface area contributed by atoms with Crippen LogP contribution in [0.3, 0.4) is 0 Å². The molecule has 1 atom stereocenters. The first-order valence-corrected chi connectivity index (χ1v) is 10.8. The summed E-state index contributed by atoms with van der Waals surface area (Å²) in [7, 11) is 0. The maximum absolute atomic E-state index is 12.5. The third-order valence-corrected chi connectivity index (χ3v) is 5.81. The van der Waals surface area contributed by atoms with E-state index in [9.17, 15) is 14.4 Å². The number of esters is 1. The monoisotopic (exact) mass is 414 g/mol. The highest BCUT2D eigenvalue weighted by molar-refractivity contribution is 7.12. The number of likely N-dealkylation sites (tertiary alicyclic amines) is 1. The van der Waals surface area contributed by atoms with Gasteiger partial charge < -0.3 is 15.0 Å². The molecule has 0 unspecified atom stereocenters. The quantitative estimate of drug-likeness (QED) is 0.532. The van der Waals surface area contributed by atoms with Crippen LogP contribution in [0.15, 0.2) is 41.8 Å². The summed E-state index contributed by atoms with van der Waals surface area (Å²) in [5.41, 5.74) is 2.31. The van der Waals surface area contributed by atoms with Crippen LogP contribution >= 0.6 is 11.3 Å². The summed E-state index contributed by atoms with van der Waals surface area (Å²) in [5.74, 6) is -0.595. The molecule has 2 aromatic rings. The number of ether oxygens (including phenoxy) is 1. The summed E-state index contributed by atoms with van der Waals surface area (Å²) >= 11 is 1.37. The molecule has 1 aromatic carbocycles. The first-order valence-electron chi connectivity index (χ1n) is 9.88. The van der Waals surface area contributed by atoms with Gasteiger partial charge in [-0.3, -0.25) is 9.59 Å². The van der Waals surface area contributed by atoms with Crippen molar-refractivity contribution in [1.82, 2.24) is 10.2 Å². The Bertz CT molecular complexity index is 833. The molecule has 2 heterocycles. The highest BCUT2D eigenvalue weighted by Gasteiger charge is 2.35. The van der Waals surface area contributed by atoms with E-state index in [1.807, 2.05) is 42.6 Å². The van der Waals surface area contributed by atoms with Gasteiger partial charge in [-0.25, -0.2) is 4.79 Å². The van der Waals surface area contributed by atoms with Crippen molar-refractivity contribution >= 4 is 29.1 Å². The van der Waals surface area contributed by atoms with Gasteiger partial charge in [-0.05, 0) is 43.2 Å². The average molecular weight is 415 g/mol. The van der Waals surface area contributed by atoms with Crippen molar-refractivity contribution in [1.29, 1.82) is 0 Å². The molecule has 0 aliphatic carbocycles. The Morgan fingerprint density at radius 2 is 2.00 bits per heavy atom. The summed E-state index contributed by atoms with van der Waals surface area (Å²) in [5, 5.41) is 4.62. The van der Waals surface area contributed by atoms with E-state index in [-0.39, 0.29) is 25.0 Å². The number of rotatable bonds is 8. The SMILES string of the molecule is Cc1ccc(CCC(=O)NCCOC(=O)[C@@H]2CCCN2C(=O)c2cccs2)cc1. The third-order valence-electron chi connectivity index (χ3n) is 4.95. The van der Waals surface area contributed by atoms with Crippen molar-refractivity contribution in [3.8, 4) is 0 Å². The number of aryl methyl sites for hydroxylation is 2. The number of hydrogen-bond donors (Lipinski definition) is 1. The highest BCUT2D eigenvalue weighted by atomic mass is 32.1. The highest BCUT2D eigenvalue weighted by Crippen LogP contribution is 2.23. The zero-order valence-corrected chi connectivity index (χ0v) is 17.4. The van der Waals surface area contributed by atoms with Gasteiger partial charge in [0.2, 0.25) is 5.91 Å². The standard InChI is InChI=1S/C22H26N2O4S/c1-16-6-8-17(9-7-16)10-11-20(25)23-12-14-28-22(27)18-4-2-13-24(18)21(26)19-5-3-15-29-19/h3,5-9,15,18H,2,4,10-14H2,1H3,(H,23,25)/t18-/m0/s1. The van der Waals surface area contributed by atoms with E-state index < -0.39 is 12.0 Å². The van der Waals surface area contributed by atoms with Gasteiger partial charge >= 0.3 is 5.97 Å². The molecule has 0 spiro atoms. The number of carbonyl (C=O) groups excluding carboxylic acids is 3. The maximum atomic E-state index is 12.5. The fourth-order valence-electron chi connectivity index (χ4n) is 3.34. The molecule has 1 aliphatic heterocycles. The Morgan fingerprint density at radius 3 is 2.72 bits per heavy atom. The largest absolute Gasteiger partial charge is 0.462 e. The smallest absolute Gasteiger partial charge is 0.328 e. The van der Waals surface area contributed by atoms with Gasteiger partial charge in [0.05, 0.1) is 11.4 Å². The molecule has 0 bridgehead atoms. The summed E-state index contributed by atoms with van der Waals surface area (Å²) in [6.45, 7) is 2.96. The second kappa shape index (κ2) is 10.2. The van der Waals surface area contributed by atoms with Crippen LogP contribution < -0.4 is 5.32 Å². The minimum atomic E-state index is -0.540. The molecule has 3 rings (SSSR count). The van der Waals surface area contributed by atoms with Crippen molar-refractivity contribution in [3.63, 3.8) is 0 Å². The lowest BCUT2D eigenvalue weighted by Gasteiger charge is -2.22. The van der Waals surface area contributed by atoms with Crippen LogP contribution in [-0.2, 0) is 20.7 Å². The number of nitrogens with zero attached hydrogens (tertiary/aromatic N) is 1. The number of thiophene rings is 1. The fraction of sp³-hybridized carbons (Fsp3) is 0.409. The molecule has 0 saturated carbocycles. The molecule has 1 aliphatic rings. The van der Waals surface area contributed by atoms with Crippen molar-refractivity contribution in [3.05, 3.63) is 57.8 Å². The Hall–Kier alpha value is -2.67. The zero-order chi connectivity index (χ0) is 20.6. The van der Waals surface area contributed by atoms with Gasteiger partial charge in [0.15, 0.2) is 0 Å². The van der Waals surface area contributed by atoms with Crippen LogP contribution in [0.1, 0.15) is 40.1 Å². The number of nitrogens with one attached hydrogen (secondary N) is 1. The van der Waals surface area contributed by atoms with Gasteiger partial charge in [0, 0.05) is 13.0 Å². The van der Waals surface area contributed by atoms with E-state index in [1.54, 1.807) is 11.0 Å². The van der Waals surface area contributed by atoms with Crippen molar-refractivity contribution in [2.24, 2.45) is 0 Å². The molecule has 0 radical (unpaired) electrons. The van der Waals surface area contributed by atoms with Gasteiger partial charge in [-0.1, -0.05) is 35.9 Å². The summed E-state index contributed by atoms with van der Waals surface area (Å²) in [4.78, 5) is 39.1. The Kier molecular flexibility index (Phi) is 7.41. The fourth-order valence-corrected chi connectivity index (χ4v) is 4.01. The van der Waals surface area contributed by atoms with E-state index in [0.717, 1.165) is 12.0 Å². The van der Waals surface area contributed by atoms with Crippen LogP contribution in [0.4, 0.5) is 0 Å². The molecule has 1 N–H and O–H groups in total. The molecular weight excluding hydrogens is 388 g/mol. The minimum absolute atomic E-state index is 0.0722. The molecule has 29 heavy (non-hydrogen) atoms. The van der Waals surface area contributed by atoms with E-state index in [4.69, 9.17) is 4.74 Å². The first kappa shape index (κ1) is 21.0. The predicted molar refractivity (Wildman–Crippen MR) is 112 cm³/mol. The van der Waals surface area contributed by atoms with Crippen LogP contribution in [0.25, 0.3) is 0 Å². The van der Waals surface area contributed by atoms with E-state index in [0.29, 0.717) is 30.7 Å². The van der Waals surface area contributed by atoms with Gasteiger partial charge in [-0.2, -0.15) is 0 Å². The molecule has 1 fully saturated rings. The van der Waals surface area contributed by atoms with Crippen molar-refractivity contribution < 1.29 is 19.1 Å². The molecule has 1 aromatic heterocycles. The van der Waals surface area contributed by atoms with Gasteiger partial charge in [-0.15, -0.1) is 11.3 Å². The Balaban J connectivity index is 1.36. The van der Waals surface area contributed by atoms with Crippen molar-refractivity contribution in [2.75, 3.05) is 19.7 Å². The second-order valence-corrected chi connectivity index (χ2v) is 8.08. The first-order chi connectivity index (χ1) is 14.0. The Morgan fingerprint density at radius 1 is 1.21 bits per heavy atom. The number of amides is 2. The van der Waals surface area contributed by atoms with Gasteiger partial charge in [0.1, 0.15) is 12.6 Å². The number of carbonyl (C=O) groups is 3. The lowest BCUT2D eigenvalue weighted by molar-refractivity contribution is -0.148. The lowest BCUT2D eigenvalue weighted by Crippen LogP contribution is -2.41. The lowest BCUT2D eigenvalue weighted by atomic mass is 10.1. The molecular formula is C22H26N2O4S. The summed E-state index contributed by atoms with van der Waals surface area (Å²) < 4.78 is 5.31. The van der Waals surface area contributed by atoms with Crippen LogP contribution in [0, 0.1) is 6.92 Å². The Labute approximate surface area is 174 Å². The molecule has 2 amide bonds. The van der Waals surface area contributed by atoms with Crippen LogP contribution in [0.2, 0.25) is 0 Å². The minimum Gasteiger partial charge on any atom is -0.462 e. The molecule has 7 heteroatoms. The van der Waals surface area contributed by atoms with Crippen LogP contribution in [-0.4, -0.2) is 48.4 Å². The van der Waals surface area contributed by atoms with Crippen LogP contribution in [0.5, 0.6) is 0 Å². The normalized spacial score (nSPS) is 15.9. The van der Waals surface area contributed by atoms with Gasteiger partial charge in [0.25, 0.3) is 5.91 Å². The van der Waals surface area contributed by atoms with Crippen molar-refractivity contribution in [2.45, 2.75) is 38.6 Å². The summed E-state index contributed by atoms with van der Waals surface area (Å²) in [6.07, 6.45) is 2.46. The summed E-state index contributed by atoms with van der Waals surface area (Å²) in [6, 6.07) is 11.2. The van der Waals surface area contributed by atoms with E-state index >= 15 is 0 Å². The topological polar surface area (TPSA) is 75.7 Å². The predicted octanol–water partition coefficient (Wildman–Crippen LogP) is 2.95. The molecule has 6 nitrogen and oxygen atoms in total. The zero-order valence-electron chi connectivity index (χ0n) is 16.6. The third kappa shape index (κ3) is 5.90. The maximum Gasteiger partial charge on any atom is 0.328 e. The van der Waals surface area contributed by atoms with E-state index in [1.165, 1.54) is 16.9 Å². The average Bonchev–Trinajstić information content (AvgIpc) is 3.42.